The summed E-state index contributed by atoms with van der Waals surface area (Å²) in [6, 6.07) is 8.90. The Morgan fingerprint density at radius 3 is 2.75 bits per heavy atom. The van der Waals surface area contributed by atoms with Crippen LogP contribution in [0.2, 0.25) is 5.02 Å². The predicted molar refractivity (Wildman–Crippen MR) is 136 cm³/mol. The van der Waals surface area contributed by atoms with E-state index in [2.05, 4.69) is 16.0 Å². The van der Waals surface area contributed by atoms with E-state index in [0.29, 0.717) is 40.9 Å². The monoisotopic (exact) mass is 504 g/mol. The van der Waals surface area contributed by atoms with Crippen LogP contribution in [0, 0.1) is 0 Å². The summed E-state index contributed by atoms with van der Waals surface area (Å²) in [5.74, 6) is 0.838. The van der Waals surface area contributed by atoms with Gasteiger partial charge in [0.2, 0.25) is 0 Å². The van der Waals surface area contributed by atoms with Crippen LogP contribution in [-0.4, -0.2) is 37.4 Å². The van der Waals surface area contributed by atoms with Crippen molar-refractivity contribution < 1.29 is 9.90 Å². The molecule has 3 aliphatic rings. The summed E-state index contributed by atoms with van der Waals surface area (Å²) in [7, 11) is 0. The number of aliphatic hydroxyl groups excluding tert-OH is 1. The summed E-state index contributed by atoms with van der Waals surface area (Å²) in [6.45, 7) is 0.519. The van der Waals surface area contributed by atoms with E-state index in [0.717, 1.165) is 24.1 Å². The van der Waals surface area contributed by atoms with E-state index >= 15 is 0 Å². The molecular formula is C28H29ClN4O3. The van der Waals surface area contributed by atoms with Crippen molar-refractivity contribution in [2.24, 2.45) is 0 Å². The summed E-state index contributed by atoms with van der Waals surface area (Å²) in [5, 5.41) is 11.1. The standard InChI is InChI=1S/C28H29ClN4O3/c29-21-7-3-6-18(13-21)24(34)26(36)33-11-8-23-22(16-33)25(35)32-27(31-23)28(9-10-28)20-12-19(14-30-15-20)17-4-1-2-5-17/h3,6-7,12-15,17,24,34H,1-2,4-5,8-11,16H2,(H,31,32,35)/t24-/m1/s1. The van der Waals surface area contributed by atoms with Gasteiger partial charge in [-0.25, -0.2) is 4.98 Å². The van der Waals surface area contributed by atoms with Gasteiger partial charge in [-0.3, -0.25) is 14.6 Å². The Hall–Kier alpha value is -3.03. The molecule has 0 spiro atoms. The van der Waals surface area contributed by atoms with Crippen molar-refractivity contribution in [1.82, 2.24) is 19.9 Å². The number of rotatable bonds is 5. The number of fused-ring (bicyclic) bond motifs is 1. The second-order valence-electron chi connectivity index (χ2n) is 10.4. The molecule has 2 N–H and O–H groups in total. The first kappa shape index (κ1) is 23.4. The molecule has 1 amide bonds. The number of aromatic amines is 1. The molecule has 1 aliphatic heterocycles. The van der Waals surface area contributed by atoms with Crippen molar-refractivity contribution in [3.8, 4) is 0 Å². The van der Waals surface area contributed by atoms with E-state index in [1.54, 1.807) is 24.3 Å². The summed E-state index contributed by atoms with van der Waals surface area (Å²) in [5.41, 5.74) is 3.59. The Bertz CT molecular complexity index is 1380. The molecule has 2 aliphatic carbocycles. The van der Waals surface area contributed by atoms with Crippen LogP contribution in [0.3, 0.4) is 0 Å². The molecule has 3 aromatic rings. The molecule has 1 aromatic carbocycles. The average Bonchev–Trinajstić information content (AvgIpc) is 3.53. The third-order valence-corrected chi connectivity index (χ3v) is 8.36. The van der Waals surface area contributed by atoms with Crippen molar-refractivity contribution >= 4 is 17.5 Å². The maximum Gasteiger partial charge on any atom is 0.256 e. The summed E-state index contributed by atoms with van der Waals surface area (Å²) < 4.78 is 0. The lowest BCUT2D eigenvalue weighted by atomic mass is 9.91. The van der Waals surface area contributed by atoms with Crippen LogP contribution in [0.15, 0.2) is 47.5 Å². The highest BCUT2D eigenvalue weighted by atomic mass is 35.5. The number of nitrogens with zero attached hydrogens (tertiary/aromatic N) is 3. The quantitative estimate of drug-likeness (QED) is 0.543. The molecule has 0 unspecified atom stereocenters. The second kappa shape index (κ2) is 9.12. The Morgan fingerprint density at radius 2 is 2.00 bits per heavy atom. The zero-order valence-electron chi connectivity index (χ0n) is 20.0. The molecule has 7 nitrogen and oxygen atoms in total. The van der Waals surface area contributed by atoms with Gasteiger partial charge < -0.3 is 15.0 Å². The van der Waals surface area contributed by atoms with E-state index in [1.165, 1.54) is 36.1 Å². The summed E-state index contributed by atoms with van der Waals surface area (Å²) >= 11 is 6.02. The van der Waals surface area contributed by atoms with Crippen molar-refractivity contribution in [1.29, 1.82) is 0 Å². The number of nitrogens with one attached hydrogen (secondary N) is 1. The number of hydrogen-bond acceptors (Lipinski definition) is 5. The summed E-state index contributed by atoms with van der Waals surface area (Å²) in [4.78, 5) is 40.2. The molecule has 2 aromatic heterocycles. The van der Waals surface area contributed by atoms with Gasteiger partial charge in [-0.1, -0.05) is 42.6 Å². The zero-order valence-corrected chi connectivity index (χ0v) is 20.8. The Labute approximate surface area is 214 Å². The molecule has 6 rings (SSSR count). The molecule has 2 fully saturated rings. The van der Waals surface area contributed by atoms with Gasteiger partial charge in [0.25, 0.3) is 11.5 Å². The van der Waals surface area contributed by atoms with E-state index in [1.807, 2.05) is 12.4 Å². The number of pyridine rings is 1. The van der Waals surface area contributed by atoms with Crippen LogP contribution in [0.5, 0.6) is 0 Å². The number of hydrogen-bond donors (Lipinski definition) is 2. The first-order valence-corrected chi connectivity index (χ1v) is 13.1. The Morgan fingerprint density at radius 1 is 1.19 bits per heavy atom. The number of benzene rings is 1. The fraction of sp³-hybridized carbons (Fsp3) is 0.429. The maximum atomic E-state index is 13.2. The molecule has 3 heterocycles. The topological polar surface area (TPSA) is 99.2 Å². The van der Waals surface area contributed by atoms with E-state index in [-0.39, 0.29) is 17.5 Å². The third kappa shape index (κ3) is 4.14. The maximum absolute atomic E-state index is 13.2. The van der Waals surface area contributed by atoms with Crippen molar-refractivity contribution in [3.63, 3.8) is 0 Å². The molecule has 2 saturated carbocycles. The highest BCUT2D eigenvalue weighted by molar-refractivity contribution is 6.30. The first-order chi connectivity index (χ1) is 17.4. The number of halogens is 1. The fourth-order valence-corrected chi connectivity index (χ4v) is 6.02. The number of amides is 1. The molecule has 0 saturated heterocycles. The van der Waals surface area contributed by atoms with Crippen molar-refractivity contribution in [2.45, 2.75) is 68.9 Å². The molecule has 36 heavy (non-hydrogen) atoms. The van der Waals surface area contributed by atoms with Crippen LogP contribution < -0.4 is 5.56 Å². The van der Waals surface area contributed by atoms with Crippen LogP contribution >= 0.6 is 11.6 Å². The Kier molecular flexibility index (Phi) is 5.92. The van der Waals surface area contributed by atoms with E-state index in [9.17, 15) is 14.7 Å². The molecular weight excluding hydrogens is 476 g/mol. The van der Waals surface area contributed by atoms with Crippen LogP contribution in [0.25, 0.3) is 0 Å². The smallest absolute Gasteiger partial charge is 0.256 e. The molecule has 186 valence electrons. The van der Waals surface area contributed by atoms with Gasteiger partial charge in [-0.05, 0) is 60.4 Å². The van der Waals surface area contributed by atoms with Gasteiger partial charge >= 0.3 is 0 Å². The zero-order chi connectivity index (χ0) is 24.9. The number of carbonyl (C=O) groups excluding carboxylic acids is 1. The van der Waals surface area contributed by atoms with E-state index in [4.69, 9.17) is 16.6 Å². The average molecular weight is 505 g/mol. The third-order valence-electron chi connectivity index (χ3n) is 8.12. The Balaban J connectivity index is 1.25. The molecule has 0 bridgehead atoms. The first-order valence-electron chi connectivity index (χ1n) is 12.7. The minimum atomic E-state index is -1.33. The normalized spacial score (nSPS) is 19.7. The van der Waals surface area contributed by atoms with Gasteiger partial charge in [0.05, 0.1) is 23.2 Å². The van der Waals surface area contributed by atoms with Crippen LogP contribution in [0.1, 0.15) is 84.3 Å². The highest BCUT2D eigenvalue weighted by Gasteiger charge is 2.49. The lowest BCUT2D eigenvalue weighted by Crippen LogP contribution is -2.42. The lowest BCUT2D eigenvalue weighted by molar-refractivity contribution is -0.141. The highest BCUT2D eigenvalue weighted by Crippen LogP contribution is 2.52. The molecule has 8 heteroatoms. The molecule has 0 radical (unpaired) electrons. The number of H-pyrrole nitrogens is 1. The summed E-state index contributed by atoms with van der Waals surface area (Å²) in [6.07, 6.45) is 9.89. The van der Waals surface area contributed by atoms with E-state index < -0.39 is 12.0 Å². The van der Waals surface area contributed by atoms with Crippen LogP contribution in [0.4, 0.5) is 0 Å². The van der Waals surface area contributed by atoms with Gasteiger partial charge in [0.15, 0.2) is 6.10 Å². The SMILES string of the molecule is O=C([C@H](O)c1cccc(Cl)c1)N1CCc2nc(C3(c4cncc(C5CCCC5)c4)CC3)[nH]c(=O)c2C1. The van der Waals surface area contributed by atoms with Crippen molar-refractivity contribution in [3.05, 3.63) is 91.9 Å². The number of carbonyl (C=O) groups is 1. The minimum absolute atomic E-state index is 0.125. The molecule has 1 atom stereocenters. The number of aromatic nitrogens is 3. The van der Waals surface area contributed by atoms with Crippen LogP contribution in [-0.2, 0) is 23.2 Å². The van der Waals surface area contributed by atoms with Gasteiger partial charge in [0.1, 0.15) is 5.82 Å². The minimum Gasteiger partial charge on any atom is -0.378 e. The fourth-order valence-electron chi connectivity index (χ4n) is 5.82. The van der Waals surface area contributed by atoms with Gasteiger partial charge in [0, 0.05) is 30.4 Å². The lowest BCUT2D eigenvalue weighted by Gasteiger charge is -2.30. The largest absolute Gasteiger partial charge is 0.378 e. The number of aliphatic hydroxyl groups is 1. The second-order valence-corrected chi connectivity index (χ2v) is 10.8. The van der Waals surface area contributed by atoms with Gasteiger partial charge in [-0.15, -0.1) is 0 Å². The predicted octanol–water partition coefficient (Wildman–Crippen LogP) is 4.17. The van der Waals surface area contributed by atoms with Crippen molar-refractivity contribution in [2.75, 3.05) is 6.54 Å². The van der Waals surface area contributed by atoms with Gasteiger partial charge in [-0.2, -0.15) is 0 Å².